The van der Waals surface area contributed by atoms with Crippen molar-refractivity contribution in [3.8, 4) is 0 Å². The first kappa shape index (κ1) is 19.0. The summed E-state index contributed by atoms with van der Waals surface area (Å²) in [5.74, 6) is 0.898. The summed E-state index contributed by atoms with van der Waals surface area (Å²) in [6.45, 7) is 6.84. The van der Waals surface area contributed by atoms with Gasteiger partial charge in [0.15, 0.2) is 0 Å². The Labute approximate surface area is 123 Å². The lowest BCUT2D eigenvalue weighted by atomic mass is 10.0. The van der Waals surface area contributed by atoms with Crippen LogP contribution in [0.15, 0.2) is 0 Å². The van der Waals surface area contributed by atoms with Crippen LogP contribution in [0.25, 0.3) is 0 Å². The second-order valence-electron chi connectivity index (χ2n) is 6.62. The summed E-state index contributed by atoms with van der Waals surface area (Å²) in [6.07, 6.45) is 22.6. The third-order valence-corrected chi connectivity index (χ3v) is 4.02. The first-order valence-corrected chi connectivity index (χ1v) is 9.05. The molecule has 0 amide bonds. The fraction of sp³-hybridized carbons (Fsp3) is 0.947. The summed E-state index contributed by atoms with van der Waals surface area (Å²) >= 11 is 0. The van der Waals surface area contributed by atoms with Gasteiger partial charge in [0, 0.05) is 0 Å². The van der Waals surface area contributed by atoms with Crippen LogP contribution in [-0.2, 0) is 0 Å². The Morgan fingerprint density at radius 3 is 1.32 bits per heavy atom. The van der Waals surface area contributed by atoms with Crippen LogP contribution < -0.4 is 0 Å². The van der Waals surface area contributed by atoms with Crippen LogP contribution in [0.3, 0.4) is 0 Å². The second-order valence-corrected chi connectivity index (χ2v) is 6.62. The summed E-state index contributed by atoms with van der Waals surface area (Å²) in [5.41, 5.74) is 0. The maximum absolute atomic E-state index is 2.33. The summed E-state index contributed by atoms with van der Waals surface area (Å²) in [5, 5.41) is 0. The summed E-state index contributed by atoms with van der Waals surface area (Å²) in [7, 11) is 0. The molecule has 0 nitrogen and oxygen atoms in total. The SMILES string of the molecule is C[CH]CCCCCCCCCCCCCCC(C)C. The molecule has 0 aromatic rings. The molecule has 0 heteroatoms. The molecule has 115 valence electrons. The van der Waals surface area contributed by atoms with Gasteiger partial charge in [-0.25, -0.2) is 0 Å². The van der Waals surface area contributed by atoms with E-state index in [2.05, 4.69) is 27.2 Å². The lowest BCUT2D eigenvalue weighted by Crippen LogP contribution is -1.87. The molecule has 0 aromatic carbocycles. The third kappa shape index (κ3) is 18.0. The highest BCUT2D eigenvalue weighted by atomic mass is 14.0. The molecule has 0 aliphatic rings. The fourth-order valence-corrected chi connectivity index (χ4v) is 2.67. The van der Waals surface area contributed by atoms with Crippen molar-refractivity contribution in [1.29, 1.82) is 0 Å². The molecular weight excluding hydrogens is 228 g/mol. The van der Waals surface area contributed by atoms with E-state index >= 15 is 0 Å². The molecule has 1 radical (unpaired) electrons. The van der Waals surface area contributed by atoms with Crippen LogP contribution in [0, 0.1) is 12.3 Å². The lowest BCUT2D eigenvalue weighted by molar-refractivity contribution is 0.503. The molecule has 0 aromatic heterocycles. The largest absolute Gasteiger partial charge is 0.0628 e. The smallest absolute Gasteiger partial charge is 0.0417 e. The minimum Gasteiger partial charge on any atom is -0.0628 e. The Bertz CT molecular complexity index is 148. The predicted molar refractivity (Wildman–Crippen MR) is 89.5 cm³/mol. The molecule has 19 heavy (non-hydrogen) atoms. The first-order chi connectivity index (χ1) is 9.27. The minimum atomic E-state index is 0.898. The van der Waals surface area contributed by atoms with Crippen molar-refractivity contribution >= 4 is 0 Å². The van der Waals surface area contributed by atoms with Crippen LogP contribution >= 0.6 is 0 Å². The zero-order valence-corrected chi connectivity index (χ0v) is 14.1. The Balaban J connectivity index is 2.91. The van der Waals surface area contributed by atoms with Gasteiger partial charge < -0.3 is 0 Å². The van der Waals surface area contributed by atoms with Gasteiger partial charge in [-0.05, 0) is 12.3 Å². The van der Waals surface area contributed by atoms with Crippen LogP contribution in [0.2, 0.25) is 0 Å². The molecule has 0 N–H and O–H groups in total. The highest BCUT2D eigenvalue weighted by Crippen LogP contribution is 2.14. The highest BCUT2D eigenvalue weighted by molar-refractivity contribution is 4.55. The molecular formula is C19H39. The van der Waals surface area contributed by atoms with Crippen LogP contribution in [0.4, 0.5) is 0 Å². The number of rotatable bonds is 15. The molecule has 0 atom stereocenters. The van der Waals surface area contributed by atoms with Crippen LogP contribution in [-0.4, -0.2) is 0 Å². The first-order valence-electron chi connectivity index (χ1n) is 9.05. The maximum atomic E-state index is 2.33. The van der Waals surface area contributed by atoms with Gasteiger partial charge in [-0.2, -0.15) is 0 Å². The standard InChI is InChI=1S/C19H39/c1-4-5-6-7-8-9-10-11-12-13-14-15-16-17-18-19(2)3/h4,19H,5-18H2,1-3H3. The Morgan fingerprint density at radius 2 is 0.947 bits per heavy atom. The summed E-state index contributed by atoms with van der Waals surface area (Å²) in [6, 6.07) is 0. The van der Waals surface area contributed by atoms with Crippen LogP contribution in [0.1, 0.15) is 111 Å². The van der Waals surface area contributed by atoms with Gasteiger partial charge >= 0.3 is 0 Å². The van der Waals surface area contributed by atoms with Crippen molar-refractivity contribution in [3.05, 3.63) is 6.42 Å². The van der Waals surface area contributed by atoms with Gasteiger partial charge in [0.2, 0.25) is 0 Å². The number of hydrogen-bond donors (Lipinski definition) is 0. The van der Waals surface area contributed by atoms with Crippen molar-refractivity contribution < 1.29 is 0 Å². The Kier molecular flexibility index (Phi) is 16.1. The quantitative estimate of drug-likeness (QED) is 0.272. The molecule has 0 spiro atoms. The fourth-order valence-electron chi connectivity index (χ4n) is 2.67. The summed E-state index contributed by atoms with van der Waals surface area (Å²) < 4.78 is 0. The monoisotopic (exact) mass is 267 g/mol. The van der Waals surface area contributed by atoms with Gasteiger partial charge in [0.25, 0.3) is 0 Å². The average Bonchev–Trinajstić information content (AvgIpc) is 2.39. The van der Waals surface area contributed by atoms with E-state index in [9.17, 15) is 0 Å². The average molecular weight is 268 g/mol. The van der Waals surface area contributed by atoms with Crippen molar-refractivity contribution in [3.63, 3.8) is 0 Å². The second kappa shape index (κ2) is 16.1. The zero-order valence-electron chi connectivity index (χ0n) is 14.1. The molecule has 0 unspecified atom stereocenters. The lowest BCUT2D eigenvalue weighted by Gasteiger charge is -2.04. The molecule has 0 saturated carbocycles. The van der Waals surface area contributed by atoms with E-state index in [1.807, 2.05) is 0 Å². The van der Waals surface area contributed by atoms with Crippen molar-refractivity contribution in [2.24, 2.45) is 5.92 Å². The highest BCUT2D eigenvalue weighted by Gasteiger charge is 1.95. The van der Waals surface area contributed by atoms with Crippen molar-refractivity contribution in [2.75, 3.05) is 0 Å². The molecule has 0 saturated heterocycles. The zero-order chi connectivity index (χ0) is 14.2. The van der Waals surface area contributed by atoms with E-state index in [4.69, 9.17) is 0 Å². The Morgan fingerprint density at radius 1 is 0.579 bits per heavy atom. The van der Waals surface area contributed by atoms with Gasteiger partial charge in [-0.1, -0.05) is 111 Å². The van der Waals surface area contributed by atoms with E-state index in [1.54, 1.807) is 0 Å². The van der Waals surface area contributed by atoms with Gasteiger partial charge in [0.1, 0.15) is 0 Å². The molecule has 0 rings (SSSR count). The van der Waals surface area contributed by atoms with Crippen molar-refractivity contribution in [2.45, 2.75) is 111 Å². The van der Waals surface area contributed by atoms with Crippen molar-refractivity contribution in [1.82, 2.24) is 0 Å². The maximum Gasteiger partial charge on any atom is -0.0417 e. The molecule has 0 heterocycles. The van der Waals surface area contributed by atoms with E-state index in [1.165, 1.54) is 89.9 Å². The van der Waals surface area contributed by atoms with E-state index in [-0.39, 0.29) is 0 Å². The van der Waals surface area contributed by atoms with Gasteiger partial charge in [-0.3, -0.25) is 0 Å². The van der Waals surface area contributed by atoms with Gasteiger partial charge in [0.05, 0.1) is 0 Å². The normalized spacial score (nSPS) is 11.4. The third-order valence-electron chi connectivity index (χ3n) is 4.02. The molecule has 0 aliphatic carbocycles. The van der Waals surface area contributed by atoms with E-state index in [0.717, 1.165) is 5.92 Å². The number of hydrogen-bond acceptors (Lipinski definition) is 0. The predicted octanol–water partition coefficient (Wildman–Crippen LogP) is 7.33. The van der Waals surface area contributed by atoms with E-state index in [0.29, 0.717) is 0 Å². The molecule has 0 fully saturated rings. The molecule has 0 bridgehead atoms. The Hall–Kier alpha value is 0. The summed E-state index contributed by atoms with van der Waals surface area (Å²) in [4.78, 5) is 0. The molecule has 0 aliphatic heterocycles. The van der Waals surface area contributed by atoms with E-state index < -0.39 is 0 Å². The van der Waals surface area contributed by atoms with Gasteiger partial charge in [-0.15, -0.1) is 0 Å². The minimum absolute atomic E-state index is 0.898. The number of unbranched alkanes of at least 4 members (excludes halogenated alkanes) is 13. The topological polar surface area (TPSA) is 0 Å². The van der Waals surface area contributed by atoms with Crippen LogP contribution in [0.5, 0.6) is 0 Å².